The predicted octanol–water partition coefficient (Wildman–Crippen LogP) is 3.62. The Bertz CT molecular complexity index is 866. The largest absolute Gasteiger partial charge is 0.366 e. The fourth-order valence-electron chi connectivity index (χ4n) is 3.37. The molecule has 0 radical (unpaired) electrons. The van der Waals surface area contributed by atoms with Gasteiger partial charge in [-0.15, -0.1) is 5.10 Å². The fourth-order valence-corrected chi connectivity index (χ4v) is 3.37. The SMILES string of the molecule is Cc1ccc([C@H]2C[C@H](c3cccc(C)c3)n3nc(N)nc3N2)cc1. The molecular weight excluding hydrogens is 298 g/mol. The lowest BCUT2D eigenvalue weighted by molar-refractivity contribution is 0.431. The van der Waals surface area contributed by atoms with Crippen molar-refractivity contribution >= 4 is 11.9 Å². The summed E-state index contributed by atoms with van der Waals surface area (Å²) in [5, 5.41) is 7.88. The van der Waals surface area contributed by atoms with E-state index in [0.717, 1.165) is 12.4 Å². The maximum absolute atomic E-state index is 5.85. The zero-order chi connectivity index (χ0) is 16.7. The average molecular weight is 319 g/mol. The van der Waals surface area contributed by atoms with Crippen LogP contribution in [0.3, 0.4) is 0 Å². The standard InChI is InChI=1S/C19H21N5/c1-12-6-8-14(9-7-12)16-11-17(15-5-3-4-13(2)10-15)24-19(21-16)22-18(20)23-24/h3-10,16-17H,11H2,1-2H3,(H3,20,21,22,23)/t16-,17-/m1/s1. The summed E-state index contributed by atoms with van der Waals surface area (Å²) in [7, 11) is 0. The van der Waals surface area contributed by atoms with E-state index in [1.54, 1.807) is 0 Å². The van der Waals surface area contributed by atoms with E-state index < -0.39 is 0 Å². The lowest BCUT2D eigenvalue weighted by Gasteiger charge is -2.32. The molecule has 24 heavy (non-hydrogen) atoms. The van der Waals surface area contributed by atoms with Gasteiger partial charge in [0.15, 0.2) is 0 Å². The number of aromatic nitrogens is 3. The third-order valence-electron chi connectivity index (χ3n) is 4.61. The number of nitrogens with zero attached hydrogens (tertiary/aromatic N) is 3. The summed E-state index contributed by atoms with van der Waals surface area (Å²) in [4.78, 5) is 4.36. The second-order valence-corrected chi connectivity index (χ2v) is 6.51. The minimum Gasteiger partial charge on any atom is -0.366 e. The van der Waals surface area contributed by atoms with Crippen LogP contribution in [0.4, 0.5) is 11.9 Å². The maximum atomic E-state index is 5.85. The topological polar surface area (TPSA) is 68.8 Å². The van der Waals surface area contributed by atoms with Gasteiger partial charge in [-0.2, -0.15) is 4.98 Å². The Morgan fingerprint density at radius 2 is 1.83 bits per heavy atom. The van der Waals surface area contributed by atoms with Gasteiger partial charge in [0.25, 0.3) is 0 Å². The van der Waals surface area contributed by atoms with Crippen LogP contribution in [0.5, 0.6) is 0 Å². The summed E-state index contributed by atoms with van der Waals surface area (Å²) >= 11 is 0. The Hall–Kier alpha value is -2.82. The van der Waals surface area contributed by atoms with Crippen molar-refractivity contribution in [2.45, 2.75) is 32.4 Å². The number of nitrogens with two attached hydrogens (primary N) is 1. The Labute approximate surface area is 141 Å². The van der Waals surface area contributed by atoms with E-state index in [0.29, 0.717) is 5.95 Å². The van der Waals surface area contributed by atoms with Crippen LogP contribution in [0, 0.1) is 13.8 Å². The number of fused-ring (bicyclic) bond motifs is 1. The second-order valence-electron chi connectivity index (χ2n) is 6.51. The molecule has 0 unspecified atom stereocenters. The van der Waals surface area contributed by atoms with Gasteiger partial charge in [0, 0.05) is 0 Å². The molecule has 0 amide bonds. The Morgan fingerprint density at radius 1 is 1.04 bits per heavy atom. The van der Waals surface area contributed by atoms with Gasteiger partial charge in [0.05, 0.1) is 12.1 Å². The highest BCUT2D eigenvalue weighted by Gasteiger charge is 2.30. The van der Waals surface area contributed by atoms with Crippen molar-refractivity contribution in [3.05, 3.63) is 70.8 Å². The van der Waals surface area contributed by atoms with Crippen LogP contribution < -0.4 is 11.1 Å². The first-order chi connectivity index (χ1) is 11.6. The number of nitrogens with one attached hydrogen (secondary N) is 1. The van der Waals surface area contributed by atoms with Crippen LogP contribution in [0.2, 0.25) is 0 Å². The van der Waals surface area contributed by atoms with Crippen molar-refractivity contribution in [3.8, 4) is 0 Å². The molecule has 0 aliphatic carbocycles. The van der Waals surface area contributed by atoms with Crippen molar-refractivity contribution in [1.29, 1.82) is 0 Å². The minimum absolute atomic E-state index is 0.122. The van der Waals surface area contributed by atoms with Crippen molar-refractivity contribution in [2.75, 3.05) is 11.1 Å². The summed E-state index contributed by atoms with van der Waals surface area (Å²) in [5.74, 6) is 1.04. The third kappa shape index (κ3) is 2.62. The van der Waals surface area contributed by atoms with E-state index in [-0.39, 0.29) is 12.1 Å². The van der Waals surface area contributed by atoms with E-state index in [9.17, 15) is 0 Å². The van der Waals surface area contributed by atoms with Gasteiger partial charge in [-0.05, 0) is 31.4 Å². The van der Waals surface area contributed by atoms with Gasteiger partial charge >= 0.3 is 0 Å². The van der Waals surface area contributed by atoms with E-state index in [1.165, 1.54) is 22.3 Å². The molecule has 0 saturated carbocycles. The fraction of sp³-hybridized carbons (Fsp3) is 0.263. The monoisotopic (exact) mass is 319 g/mol. The van der Waals surface area contributed by atoms with Crippen LogP contribution in [0.25, 0.3) is 0 Å². The number of hydrogen-bond donors (Lipinski definition) is 2. The highest BCUT2D eigenvalue weighted by atomic mass is 15.4. The second kappa shape index (κ2) is 5.67. The molecule has 2 heterocycles. The molecule has 4 rings (SSSR count). The highest BCUT2D eigenvalue weighted by molar-refractivity contribution is 5.42. The minimum atomic E-state index is 0.122. The molecule has 5 heteroatoms. The number of benzene rings is 2. The molecule has 0 bridgehead atoms. The summed E-state index contributed by atoms with van der Waals surface area (Å²) in [5.41, 5.74) is 10.8. The third-order valence-corrected chi connectivity index (χ3v) is 4.61. The number of rotatable bonds is 2. The Balaban J connectivity index is 1.76. The molecule has 1 aromatic heterocycles. The van der Waals surface area contributed by atoms with Crippen molar-refractivity contribution in [2.24, 2.45) is 0 Å². The molecule has 2 aromatic carbocycles. The number of aryl methyl sites for hydroxylation is 2. The molecule has 2 atom stereocenters. The van der Waals surface area contributed by atoms with Crippen molar-refractivity contribution in [1.82, 2.24) is 14.8 Å². The maximum Gasteiger partial charge on any atom is 0.241 e. The average Bonchev–Trinajstić information content (AvgIpc) is 2.94. The predicted molar refractivity (Wildman–Crippen MR) is 95.9 cm³/mol. The molecule has 5 nitrogen and oxygen atoms in total. The first-order valence-electron chi connectivity index (χ1n) is 8.22. The van der Waals surface area contributed by atoms with E-state index >= 15 is 0 Å². The summed E-state index contributed by atoms with van der Waals surface area (Å²) in [6, 6.07) is 17.5. The van der Waals surface area contributed by atoms with Gasteiger partial charge in [-0.3, -0.25) is 0 Å². The summed E-state index contributed by atoms with van der Waals surface area (Å²) in [6.07, 6.45) is 0.905. The van der Waals surface area contributed by atoms with Gasteiger partial charge in [-0.25, -0.2) is 4.68 Å². The van der Waals surface area contributed by atoms with E-state index in [4.69, 9.17) is 5.73 Å². The lowest BCUT2D eigenvalue weighted by Crippen LogP contribution is -2.28. The van der Waals surface area contributed by atoms with Gasteiger partial charge in [-0.1, -0.05) is 59.7 Å². The van der Waals surface area contributed by atoms with E-state index in [2.05, 4.69) is 77.8 Å². The number of anilines is 2. The summed E-state index contributed by atoms with van der Waals surface area (Å²) in [6.45, 7) is 4.21. The van der Waals surface area contributed by atoms with E-state index in [1.807, 2.05) is 4.68 Å². The molecule has 0 spiro atoms. The first-order valence-corrected chi connectivity index (χ1v) is 8.22. The van der Waals surface area contributed by atoms with Gasteiger partial charge in [0.2, 0.25) is 11.9 Å². The highest BCUT2D eigenvalue weighted by Crippen LogP contribution is 2.38. The Kier molecular flexibility index (Phi) is 3.49. The van der Waals surface area contributed by atoms with Gasteiger partial charge in [0.1, 0.15) is 0 Å². The zero-order valence-electron chi connectivity index (χ0n) is 13.9. The molecule has 1 aliphatic heterocycles. The lowest BCUT2D eigenvalue weighted by atomic mass is 9.92. The first kappa shape index (κ1) is 14.8. The van der Waals surface area contributed by atoms with Crippen molar-refractivity contribution < 1.29 is 0 Å². The van der Waals surface area contributed by atoms with Crippen LogP contribution in [0.15, 0.2) is 48.5 Å². The zero-order valence-corrected chi connectivity index (χ0v) is 13.9. The van der Waals surface area contributed by atoms with Crippen LogP contribution in [-0.4, -0.2) is 14.8 Å². The molecule has 122 valence electrons. The molecule has 3 aromatic rings. The molecule has 3 N–H and O–H groups in total. The van der Waals surface area contributed by atoms with Crippen molar-refractivity contribution in [3.63, 3.8) is 0 Å². The quantitative estimate of drug-likeness (QED) is 0.757. The molecule has 0 fully saturated rings. The summed E-state index contributed by atoms with van der Waals surface area (Å²) < 4.78 is 1.91. The van der Waals surface area contributed by atoms with Gasteiger partial charge < -0.3 is 11.1 Å². The molecular formula is C19H21N5. The normalized spacial score (nSPS) is 19.6. The molecule has 1 aliphatic rings. The van der Waals surface area contributed by atoms with Crippen LogP contribution >= 0.6 is 0 Å². The molecule has 0 saturated heterocycles. The van der Waals surface area contributed by atoms with Crippen LogP contribution in [-0.2, 0) is 0 Å². The number of hydrogen-bond acceptors (Lipinski definition) is 4. The van der Waals surface area contributed by atoms with Crippen LogP contribution in [0.1, 0.15) is 40.8 Å². The number of nitrogen functional groups attached to an aromatic ring is 1. The Morgan fingerprint density at radius 3 is 2.58 bits per heavy atom. The smallest absolute Gasteiger partial charge is 0.241 e.